The van der Waals surface area contributed by atoms with Gasteiger partial charge in [-0.2, -0.15) is 0 Å². The zero-order valence-corrected chi connectivity index (χ0v) is 10.9. The van der Waals surface area contributed by atoms with Crippen LogP contribution in [0.15, 0.2) is 27.4 Å². The summed E-state index contributed by atoms with van der Waals surface area (Å²) in [6.45, 7) is 4.13. The quantitative estimate of drug-likeness (QED) is 0.776. The highest BCUT2D eigenvalue weighted by molar-refractivity contribution is 5.96. The van der Waals surface area contributed by atoms with E-state index in [1.165, 1.54) is 0 Å². The molecule has 0 aliphatic carbocycles. The topological polar surface area (TPSA) is 101 Å². The monoisotopic (exact) mass is 263 g/mol. The summed E-state index contributed by atoms with van der Waals surface area (Å²) in [4.78, 5) is 25.7. The summed E-state index contributed by atoms with van der Waals surface area (Å²) in [6, 6.07) is 5.01. The number of H-pyrrole nitrogens is 1. The summed E-state index contributed by atoms with van der Waals surface area (Å²) in [7, 11) is 0. The van der Waals surface area contributed by atoms with E-state index in [4.69, 9.17) is 10.2 Å². The average molecular weight is 263 g/mol. The van der Waals surface area contributed by atoms with Crippen molar-refractivity contribution in [1.29, 1.82) is 0 Å². The summed E-state index contributed by atoms with van der Waals surface area (Å²) in [5, 5.41) is 2.80. The fourth-order valence-corrected chi connectivity index (χ4v) is 1.80. The number of aromatic amines is 1. The Bertz CT molecular complexity index is 654. The maximum atomic E-state index is 12.1. The van der Waals surface area contributed by atoms with E-state index < -0.39 is 11.2 Å². The minimum Gasteiger partial charge on any atom is -0.408 e. The normalized spacial score (nSPS) is 11.7. The lowest BCUT2D eigenvalue weighted by molar-refractivity contribution is -0.124. The lowest BCUT2D eigenvalue weighted by Gasteiger charge is -2.22. The molecule has 0 aliphatic heterocycles. The number of rotatable bonds is 4. The molecule has 0 aliphatic rings. The van der Waals surface area contributed by atoms with Crippen LogP contribution in [-0.4, -0.2) is 17.4 Å². The molecule has 0 spiro atoms. The van der Waals surface area contributed by atoms with Gasteiger partial charge in [0.1, 0.15) is 0 Å². The van der Waals surface area contributed by atoms with Crippen molar-refractivity contribution < 1.29 is 9.21 Å². The van der Waals surface area contributed by atoms with Gasteiger partial charge in [-0.25, -0.2) is 4.79 Å². The van der Waals surface area contributed by atoms with Gasteiger partial charge >= 0.3 is 5.76 Å². The number of nitrogens with one attached hydrogen (secondary N) is 2. The Hall–Kier alpha value is -2.08. The molecule has 0 atom stereocenters. The minimum absolute atomic E-state index is 0.116. The number of carbonyl (C=O) groups is 1. The van der Waals surface area contributed by atoms with Crippen molar-refractivity contribution in [2.75, 3.05) is 11.9 Å². The molecule has 0 unspecified atom stereocenters. The van der Waals surface area contributed by atoms with Gasteiger partial charge in [0.2, 0.25) is 5.91 Å². The predicted molar refractivity (Wildman–Crippen MR) is 72.9 cm³/mol. The second-order valence-electron chi connectivity index (χ2n) is 5.10. The van der Waals surface area contributed by atoms with Crippen LogP contribution in [0.5, 0.6) is 0 Å². The summed E-state index contributed by atoms with van der Waals surface area (Å²) in [5.74, 6) is -0.628. The van der Waals surface area contributed by atoms with Gasteiger partial charge in [0.05, 0.1) is 5.52 Å². The molecule has 1 aromatic heterocycles. The number of aromatic nitrogens is 1. The highest BCUT2D eigenvalue weighted by atomic mass is 16.4. The Morgan fingerprint density at radius 2 is 2.21 bits per heavy atom. The van der Waals surface area contributed by atoms with Crippen molar-refractivity contribution in [3.05, 3.63) is 28.7 Å². The molecule has 0 saturated heterocycles. The molecule has 6 nitrogen and oxygen atoms in total. The van der Waals surface area contributed by atoms with E-state index in [2.05, 4.69) is 10.3 Å². The van der Waals surface area contributed by atoms with E-state index in [9.17, 15) is 9.59 Å². The molecule has 1 aromatic carbocycles. The largest absolute Gasteiger partial charge is 0.417 e. The second kappa shape index (κ2) is 4.89. The predicted octanol–water partition coefficient (Wildman–Crippen LogP) is 1.43. The Kier molecular flexibility index (Phi) is 3.44. The maximum absolute atomic E-state index is 12.1. The molecule has 19 heavy (non-hydrogen) atoms. The Labute approximate surface area is 110 Å². The van der Waals surface area contributed by atoms with E-state index in [0.29, 0.717) is 29.8 Å². The average Bonchev–Trinajstić information content (AvgIpc) is 2.68. The van der Waals surface area contributed by atoms with Crippen LogP contribution in [0.2, 0.25) is 0 Å². The van der Waals surface area contributed by atoms with Crippen molar-refractivity contribution in [2.45, 2.75) is 20.3 Å². The number of carbonyl (C=O) groups excluding carboxylic acids is 1. The van der Waals surface area contributed by atoms with Crippen LogP contribution in [0.3, 0.4) is 0 Å². The van der Waals surface area contributed by atoms with E-state index >= 15 is 0 Å². The number of amides is 1. The molecule has 0 bridgehead atoms. The highest BCUT2D eigenvalue weighted by Crippen LogP contribution is 2.23. The molecule has 1 amide bonds. The third-order valence-electron chi connectivity index (χ3n) is 3.06. The number of nitrogens with two attached hydrogens (primary N) is 1. The van der Waals surface area contributed by atoms with Crippen molar-refractivity contribution >= 4 is 22.7 Å². The van der Waals surface area contributed by atoms with Gasteiger partial charge in [0.25, 0.3) is 0 Å². The fraction of sp³-hybridized carbons (Fsp3) is 0.385. The first-order chi connectivity index (χ1) is 8.92. The molecule has 0 radical (unpaired) electrons. The zero-order valence-electron chi connectivity index (χ0n) is 10.9. The summed E-state index contributed by atoms with van der Waals surface area (Å²) in [6.07, 6.45) is 0.598. The van der Waals surface area contributed by atoms with E-state index in [-0.39, 0.29) is 5.91 Å². The van der Waals surface area contributed by atoms with Crippen LogP contribution in [-0.2, 0) is 4.79 Å². The molecule has 2 rings (SSSR count). The summed E-state index contributed by atoms with van der Waals surface area (Å²) in [5.41, 5.74) is 6.56. The van der Waals surface area contributed by atoms with Crippen LogP contribution >= 0.6 is 0 Å². The van der Waals surface area contributed by atoms with Crippen LogP contribution in [0.4, 0.5) is 5.69 Å². The number of hydrogen-bond donors (Lipinski definition) is 3. The molecule has 1 heterocycles. The first-order valence-electron chi connectivity index (χ1n) is 6.07. The first kappa shape index (κ1) is 13.4. The molecule has 2 aromatic rings. The number of anilines is 1. The molecule has 102 valence electrons. The number of oxazole rings is 1. The highest BCUT2D eigenvalue weighted by Gasteiger charge is 2.26. The summed E-state index contributed by atoms with van der Waals surface area (Å²) < 4.78 is 4.94. The van der Waals surface area contributed by atoms with E-state index in [0.717, 1.165) is 0 Å². The van der Waals surface area contributed by atoms with Gasteiger partial charge in [-0.3, -0.25) is 9.78 Å². The van der Waals surface area contributed by atoms with E-state index in [1.807, 2.05) is 13.8 Å². The molecule has 0 saturated carbocycles. The third-order valence-corrected chi connectivity index (χ3v) is 3.06. The van der Waals surface area contributed by atoms with Crippen LogP contribution in [0.1, 0.15) is 20.3 Å². The van der Waals surface area contributed by atoms with Gasteiger partial charge in [-0.1, -0.05) is 13.8 Å². The smallest absolute Gasteiger partial charge is 0.408 e. The third kappa shape index (κ3) is 2.85. The zero-order chi connectivity index (χ0) is 14.0. The summed E-state index contributed by atoms with van der Waals surface area (Å²) >= 11 is 0. The number of hydrogen-bond acceptors (Lipinski definition) is 4. The van der Waals surface area contributed by atoms with Crippen LogP contribution in [0, 0.1) is 5.41 Å². The Morgan fingerprint density at radius 3 is 2.89 bits per heavy atom. The lowest BCUT2D eigenvalue weighted by atomic mass is 9.88. The SMILES string of the molecule is CC(C)(CCN)C(=O)Nc1ccc2[nH]c(=O)oc2c1. The minimum atomic E-state index is -0.539. The van der Waals surface area contributed by atoms with Crippen molar-refractivity contribution in [2.24, 2.45) is 11.1 Å². The van der Waals surface area contributed by atoms with Crippen LogP contribution < -0.4 is 16.8 Å². The lowest BCUT2D eigenvalue weighted by Crippen LogP contribution is -2.32. The van der Waals surface area contributed by atoms with Crippen molar-refractivity contribution in [3.63, 3.8) is 0 Å². The van der Waals surface area contributed by atoms with E-state index in [1.54, 1.807) is 18.2 Å². The fourth-order valence-electron chi connectivity index (χ4n) is 1.80. The Morgan fingerprint density at radius 1 is 1.47 bits per heavy atom. The molecular formula is C13H17N3O3. The van der Waals surface area contributed by atoms with Crippen molar-refractivity contribution in [1.82, 2.24) is 4.98 Å². The van der Waals surface area contributed by atoms with Gasteiger partial charge in [-0.05, 0) is 25.1 Å². The Balaban J connectivity index is 2.21. The van der Waals surface area contributed by atoms with Crippen molar-refractivity contribution in [3.8, 4) is 0 Å². The van der Waals surface area contributed by atoms with Gasteiger partial charge in [-0.15, -0.1) is 0 Å². The molecule has 6 heteroatoms. The first-order valence-corrected chi connectivity index (χ1v) is 6.07. The van der Waals surface area contributed by atoms with Gasteiger partial charge in [0, 0.05) is 17.2 Å². The standard InChI is InChI=1S/C13H17N3O3/c1-13(2,5-6-14)11(17)15-8-3-4-9-10(7-8)19-12(18)16-9/h3-4,7H,5-6,14H2,1-2H3,(H,15,17)(H,16,18). The molecule has 4 N–H and O–H groups in total. The maximum Gasteiger partial charge on any atom is 0.417 e. The molecular weight excluding hydrogens is 246 g/mol. The van der Waals surface area contributed by atoms with Gasteiger partial charge in [0.15, 0.2) is 5.58 Å². The molecule has 0 fully saturated rings. The number of fused-ring (bicyclic) bond motifs is 1. The number of benzene rings is 1. The second-order valence-corrected chi connectivity index (χ2v) is 5.10. The van der Waals surface area contributed by atoms with Gasteiger partial charge < -0.3 is 15.5 Å². The van der Waals surface area contributed by atoms with Crippen LogP contribution in [0.25, 0.3) is 11.1 Å².